The van der Waals surface area contributed by atoms with Gasteiger partial charge in [-0.05, 0) is 38.0 Å². The van der Waals surface area contributed by atoms with E-state index in [0.717, 1.165) is 17.3 Å². The molecular formula is C20H19ClFN3O3S. The Balaban J connectivity index is 1.69. The van der Waals surface area contributed by atoms with Crippen LogP contribution in [0.5, 0.6) is 0 Å². The number of halogens is 2. The highest BCUT2D eigenvalue weighted by molar-refractivity contribution is 7.99. The van der Waals surface area contributed by atoms with Crippen molar-refractivity contribution < 1.29 is 18.4 Å². The predicted octanol–water partition coefficient (Wildman–Crippen LogP) is 4.83. The summed E-state index contributed by atoms with van der Waals surface area (Å²) in [5.41, 5.74) is 2.69. The number of carbonyl (C=O) groups is 2. The summed E-state index contributed by atoms with van der Waals surface area (Å²) in [7, 11) is 0. The Kier molecular flexibility index (Phi) is 6.54. The minimum Gasteiger partial charge on any atom is -0.416 e. The monoisotopic (exact) mass is 435 g/mol. The second kappa shape index (κ2) is 8.92. The number of hydrogen-bond donors (Lipinski definition) is 1. The van der Waals surface area contributed by atoms with Crippen molar-refractivity contribution in [3.63, 3.8) is 0 Å². The molecule has 3 aromatic rings. The lowest BCUT2D eigenvalue weighted by Gasteiger charge is -2.02. The van der Waals surface area contributed by atoms with Gasteiger partial charge in [0.2, 0.25) is 5.89 Å². The zero-order chi connectivity index (χ0) is 21.1. The summed E-state index contributed by atoms with van der Waals surface area (Å²) < 4.78 is 19.4. The first-order valence-electron chi connectivity index (χ1n) is 8.95. The third kappa shape index (κ3) is 4.59. The van der Waals surface area contributed by atoms with Crippen LogP contribution in [0.3, 0.4) is 0 Å². The average molecular weight is 436 g/mol. The molecule has 152 valence electrons. The Hall–Kier alpha value is -2.45. The van der Waals surface area contributed by atoms with Gasteiger partial charge in [0.1, 0.15) is 5.82 Å². The van der Waals surface area contributed by atoms with Gasteiger partial charge in [-0.15, -0.1) is 10.2 Å². The molecule has 0 aliphatic carbocycles. The van der Waals surface area contributed by atoms with Crippen molar-refractivity contribution in [3.05, 3.63) is 63.0 Å². The number of aromatic nitrogens is 3. The van der Waals surface area contributed by atoms with Gasteiger partial charge in [0.05, 0.1) is 17.9 Å². The molecule has 3 rings (SSSR count). The molecule has 29 heavy (non-hydrogen) atoms. The molecule has 0 saturated carbocycles. The maximum Gasteiger partial charge on any atom is 0.277 e. The van der Waals surface area contributed by atoms with E-state index in [1.165, 1.54) is 19.1 Å². The summed E-state index contributed by atoms with van der Waals surface area (Å²) in [6.45, 7) is 5.16. The Morgan fingerprint density at radius 2 is 2.03 bits per heavy atom. The van der Waals surface area contributed by atoms with Gasteiger partial charge < -0.3 is 9.40 Å². The first-order valence-corrected chi connectivity index (χ1v) is 10.3. The fourth-order valence-corrected chi connectivity index (χ4v) is 4.05. The molecule has 2 aromatic heterocycles. The Labute approximate surface area is 176 Å². The summed E-state index contributed by atoms with van der Waals surface area (Å²) in [5.74, 6) is -0.423. The standard InChI is InChI=1S/C20H19ClFN3O3S/c1-4-12-18(11(3)26)10(2)23-19(12)16(27)9-29-20-25-24-17(28-20)8-13-14(21)6-5-7-15(13)22/h5-7,23H,4,8-9H2,1-3H3. The van der Waals surface area contributed by atoms with Crippen LogP contribution in [0.2, 0.25) is 5.02 Å². The lowest BCUT2D eigenvalue weighted by Crippen LogP contribution is -2.07. The number of Topliss-reactive ketones (excluding diaryl/α,β-unsaturated/α-hetero) is 2. The van der Waals surface area contributed by atoms with Gasteiger partial charge >= 0.3 is 0 Å². The van der Waals surface area contributed by atoms with E-state index in [-0.39, 0.29) is 45.4 Å². The maximum atomic E-state index is 13.9. The topological polar surface area (TPSA) is 88.8 Å². The van der Waals surface area contributed by atoms with Crippen LogP contribution in [0, 0.1) is 12.7 Å². The lowest BCUT2D eigenvalue weighted by atomic mass is 10.0. The van der Waals surface area contributed by atoms with E-state index in [1.54, 1.807) is 13.0 Å². The van der Waals surface area contributed by atoms with Crippen LogP contribution in [0.25, 0.3) is 0 Å². The third-order valence-corrected chi connectivity index (χ3v) is 5.61. The normalized spacial score (nSPS) is 11.1. The minimum atomic E-state index is -0.449. The molecule has 0 unspecified atom stereocenters. The number of carbonyl (C=O) groups excluding carboxylic acids is 2. The number of aryl methyl sites for hydroxylation is 1. The Bertz CT molecular complexity index is 1060. The number of nitrogens with zero attached hydrogens (tertiary/aromatic N) is 2. The van der Waals surface area contributed by atoms with Crippen LogP contribution in [0.1, 0.15) is 57.4 Å². The molecular weight excluding hydrogens is 417 g/mol. The quantitative estimate of drug-likeness (QED) is 0.402. The van der Waals surface area contributed by atoms with Crippen LogP contribution < -0.4 is 0 Å². The van der Waals surface area contributed by atoms with Gasteiger partial charge in [-0.25, -0.2) is 4.39 Å². The molecule has 0 fully saturated rings. The van der Waals surface area contributed by atoms with Crippen molar-refractivity contribution in [2.75, 3.05) is 5.75 Å². The van der Waals surface area contributed by atoms with Gasteiger partial charge in [-0.3, -0.25) is 9.59 Å². The van der Waals surface area contributed by atoms with Crippen molar-refractivity contribution >= 4 is 34.9 Å². The maximum absolute atomic E-state index is 13.9. The number of aromatic amines is 1. The molecule has 0 atom stereocenters. The number of benzene rings is 1. The van der Waals surface area contributed by atoms with Gasteiger partial charge in [-0.2, -0.15) is 0 Å². The Morgan fingerprint density at radius 1 is 1.28 bits per heavy atom. The van der Waals surface area contributed by atoms with Gasteiger partial charge in [0.25, 0.3) is 5.22 Å². The lowest BCUT2D eigenvalue weighted by molar-refractivity contribution is 0.101. The molecule has 6 nitrogen and oxygen atoms in total. The summed E-state index contributed by atoms with van der Waals surface area (Å²) in [6.07, 6.45) is 0.629. The SMILES string of the molecule is CCc1c(C(=O)CSc2nnc(Cc3c(F)cccc3Cl)o2)[nH]c(C)c1C(C)=O. The van der Waals surface area contributed by atoms with E-state index < -0.39 is 5.82 Å². The third-order valence-electron chi connectivity index (χ3n) is 4.44. The first-order chi connectivity index (χ1) is 13.8. The fraction of sp³-hybridized carbons (Fsp3) is 0.300. The van der Waals surface area contributed by atoms with E-state index >= 15 is 0 Å². The van der Waals surface area contributed by atoms with Crippen molar-refractivity contribution in [2.45, 2.75) is 38.8 Å². The molecule has 9 heteroatoms. The fourth-order valence-electron chi connectivity index (χ4n) is 3.16. The number of H-pyrrole nitrogens is 1. The molecule has 1 aromatic carbocycles. The van der Waals surface area contributed by atoms with E-state index in [4.69, 9.17) is 16.0 Å². The number of rotatable bonds is 8. The molecule has 0 saturated heterocycles. The van der Waals surface area contributed by atoms with Gasteiger partial charge in [0.15, 0.2) is 11.6 Å². The summed E-state index contributed by atoms with van der Waals surface area (Å²) in [6, 6.07) is 4.42. The second-order valence-corrected chi connectivity index (χ2v) is 7.77. The molecule has 0 spiro atoms. The van der Waals surface area contributed by atoms with Crippen LogP contribution in [0.15, 0.2) is 27.8 Å². The molecule has 1 N–H and O–H groups in total. The number of hydrogen-bond acceptors (Lipinski definition) is 6. The predicted molar refractivity (Wildman–Crippen MR) is 108 cm³/mol. The number of nitrogens with one attached hydrogen (secondary N) is 1. The summed E-state index contributed by atoms with van der Waals surface area (Å²) in [5, 5.41) is 8.27. The molecule has 0 aliphatic rings. The summed E-state index contributed by atoms with van der Waals surface area (Å²) >= 11 is 7.10. The smallest absolute Gasteiger partial charge is 0.277 e. The van der Waals surface area contributed by atoms with Crippen molar-refractivity contribution in [2.24, 2.45) is 0 Å². The highest BCUT2D eigenvalue weighted by atomic mass is 35.5. The van der Waals surface area contributed by atoms with Crippen molar-refractivity contribution in [1.29, 1.82) is 0 Å². The van der Waals surface area contributed by atoms with E-state index in [0.29, 0.717) is 23.4 Å². The van der Waals surface area contributed by atoms with E-state index in [2.05, 4.69) is 15.2 Å². The Morgan fingerprint density at radius 3 is 2.69 bits per heavy atom. The van der Waals surface area contributed by atoms with Gasteiger partial charge in [0, 0.05) is 21.8 Å². The molecule has 0 aliphatic heterocycles. The van der Waals surface area contributed by atoms with Crippen LogP contribution >= 0.6 is 23.4 Å². The highest BCUT2D eigenvalue weighted by Crippen LogP contribution is 2.26. The zero-order valence-corrected chi connectivity index (χ0v) is 17.7. The first kappa shape index (κ1) is 21.3. The van der Waals surface area contributed by atoms with Crippen molar-refractivity contribution in [3.8, 4) is 0 Å². The zero-order valence-electron chi connectivity index (χ0n) is 16.1. The van der Waals surface area contributed by atoms with E-state index in [9.17, 15) is 14.0 Å². The minimum absolute atomic E-state index is 0.0603. The largest absolute Gasteiger partial charge is 0.416 e. The van der Waals surface area contributed by atoms with Crippen LogP contribution in [-0.4, -0.2) is 32.5 Å². The molecule has 2 heterocycles. The number of ketones is 2. The van der Waals surface area contributed by atoms with Crippen LogP contribution in [-0.2, 0) is 12.8 Å². The molecule has 0 amide bonds. The van der Waals surface area contributed by atoms with Crippen molar-refractivity contribution in [1.82, 2.24) is 15.2 Å². The number of thioether (sulfide) groups is 1. The molecule has 0 bridgehead atoms. The summed E-state index contributed by atoms with van der Waals surface area (Å²) in [4.78, 5) is 27.5. The van der Waals surface area contributed by atoms with E-state index in [1.807, 2.05) is 6.92 Å². The van der Waals surface area contributed by atoms with Gasteiger partial charge in [-0.1, -0.05) is 36.4 Å². The average Bonchev–Trinajstić information content (AvgIpc) is 3.26. The second-order valence-electron chi connectivity index (χ2n) is 6.44. The molecule has 0 radical (unpaired) electrons. The van der Waals surface area contributed by atoms with Crippen LogP contribution in [0.4, 0.5) is 4.39 Å². The highest BCUT2D eigenvalue weighted by Gasteiger charge is 2.22.